The molecule has 0 bridgehead atoms. The van der Waals surface area contributed by atoms with Gasteiger partial charge in [-0.2, -0.15) is 8.78 Å². The number of halogens is 3. The second-order valence-electron chi connectivity index (χ2n) is 2.99. The number of hydrogen-bond donors (Lipinski definition) is 0. The summed E-state index contributed by atoms with van der Waals surface area (Å²) in [6.45, 7) is -2.39. The lowest BCUT2D eigenvalue weighted by Gasteiger charge is -2.09. The molecule has 0 saturated heterocycles. The molecule has 0 fully saturated rings. The van der Waals surface area contributed by atoms with E-state index in [0.717, 1.165) is 6.92 Å². The molecule has 0 spiro atoms. The lowest BCUT2D eigenvalue weighted by atomic mass is 10.1. The van der Waals surface area contributed by atoms with E-state index in [-0.39, 0.29) is 0 Å². The molecule has 0 amide bonds. The molecular formula is C9H6F3NO4. The van der Waals surface area contributed by atoms with Gasteiger partial charge in [0.15, 0.2) is 5.78 Å². The van der Waals surface area contributed by atoms with Crippen molar-refractivity contribution in [2.45, 2.75) is 13.5 Å². The van der Waals surface area contributed by atoms with Crippen LogP contribution < -0.4 is 4.74 Å². The first kappa shape index (κ1) is 12.9. The molecule has 0 heterocycles. The molecular weight excluding hydrogens is 243 g/mol. The highest BCUT2D eigenvalue weighted by molar-refractivity contribution is 5.98. The van der Waals surface area contributed by atoms with Crippen molar-refractivity contribution in [2.75, 3.05) is 0 Å². The zero-order chi connectivity index (χ0) is 13.2. The standard InChI is InChI=1S/C9H6F3NO4/c1-4(14)6-2-5(10)3-7(13(15)16)8(6)17-9(11)12/h2-3,9H,1H3. The fraction of sp³-hybridized carbons (Fsp3) is 0.222. The van der Waals surface area contributed by atoms with Crippen LogP contribution in [-0.2, 0) is 0 Å². The minimum Gasteiger partial charge on any atom is -0.427 e. The zero-order valence-corrected chi connectivity index (χ0v) is 8.45. The number of benzene rings is 1. The van der Waals surface area contributed by atoms with Gasteiger partial charge in [0.1, 0.15) is 5.82 Å². The summed E-state index contributed by atoms with van der Waals surface area (Å²) in [5.74, 6) is -2.83. The van der Waals surface area contributed by atoms with E-state index in [9.17, 15) is 28.1 Å². The van der Waals surface area contributed by atoms with Gasteiger partial charge in [0, 0.05) is 0 Å². The Morgan fingerprint density at radius 3 is 2.47 bits per heavy atom. The number of alkyl halides is 2. The Balaban J connectivity index is 3.47. The molecule has 0 unspecified atom stereocenters. The molecule has 0 N–H and O–H groups in total. The van der Waals surface area contributed by atoms with Crippen molar-refractivity contribution in [3.05, 3.63) is 33.6 Å². The molecule has 0 aromatic heterocycles. The molecule has 92 valence electrons. The van der Waals surface area contributed by atoms with Crippen molar-refractivity contribution in [3.8, 4) is 5.75 Å². The Morgan fingerprint density at radius 2 is 2.06 bits per heavy atom. The normalized spacial score (nSPS) is 10.4. The molecule has 0 aliphatic heterocycles. The third-order valence-corrected chi connectivity index (χ3v) is 1.82. The Bertz CT molecular complexity index is 440. The van der Waals surface area contributed by atoms with Gasteiger partial charge in [-0.25, -0.2) is 4.39 Å². The quantitative estimate of drug-likeness (QED) is 0.467. The fourth-order valence-corrected chi connectivity index (χ4v) is 1.19. The summed E-state index contributed by atoms with van der Waals surface area (Å²) in [4.78, 5) is 20.5. The number of hydrogen-bond acceptors (Lipinski definition) is 4. The van der Waals surface area contributed by atoms with Gasteiger partial charge in [0.25, 0.3) is 0 Å². The topological polar surface area (TPSA) is 69.4 Å². The third kappa shape index (κ3) is 2.92. The predicted molar refractivity (Wildman–Crippen MR) is 49.7 cm³/mol. The average molecular weight is 249 g/mol. The summed E-state index contributed by atoms with van der Waals surface area (Å²) in [5.41, 5.74) is -1.62. The number of nitro groups is 1. The van der Waals surface area contributed by atoms with Gasteiger partial charge in [0.05, 0.1) is 16.6 Å². The third-order valence-electron chi connectivity index (χ3n) is 1.82. The molecule has 0 atom stereocenters. The van der Waals surface area contributed by atoms with E-state index in [1.807, 2.05) is 0 Å². The van der Waals surface area contributed by atoms with E-state index in [2.05, 4.69) is 4.74 Å². The molecule has 17 heavy (non-hydrogen) atoms. The highest BCUT2D eigenvalue weighted by atomic mass is 19.3. The lowest BCUT2D eigenvalue weighted by Crippen LogP contribution is -2.09. The van der Waals surface area contributed by atoms with Crippen LogP contribution in [-0.4, -0.2) is 17.3 Å². The van der Waals surface area contributed by atoms with Crippen LogP contribution in [0.25, 0.3) is 0 Å². The zero-order valence-electron chi connectivity index (χ0n) is 8.45. The minimum absolute atomic E-state index is 0.407. The van der Waals surface area contributed by atoms with Gasteiger partial charge in [-0.1, -0.05) is 0 Å². The fourth-order valence-electron chi connectivity index (χ4n) is 1.19. The number of ether oxygens (including phenoxy) is 1. The first-order chi connectivity index (χ1) is 7.82. The maximum Gasteiger partial charge on any atom is 0.387 e. The maximum absolute atomic E-state index is 13.0. The lowest BCUT2D eigenvalue weighted by molar-refractivity contribution is -0.386. The van der Waals surface area contributed by atoms with E-state index < -0.39 is 40.1 Å². The van der Waals surface area contributed by atoms with Gasteiger partial charge in [-0.15, -0.1) is 0 Å². The second-order valence-corrected chi connectivity index (χ2v) is 2.99. The first-order valence-electron chi connectivity index (χ1n) is 4.26. The van der Waals surface area contributed by atoms with Gasteiger partial charge in [-0.05, 0) is 13.0 Å². The van der Waals surface area contributed by atoms with E-state index in [1.165, 1.54) is 0 Å². The van der Waals surface area contributed by atoms with Gasteiger partial charge < -0.3 is 4.74 Å². The summed E-state index contributed by atoms with van der Waals surface area (Å²) in [7, 11) is 0. The number of rotatable bonds is 4. The SMILES string of the molecule is CC(=O)c1cc(F)cc([N+](=O)[O-])c1OC(F)F. The molecule has 0 saturated carbocycles. The highest BCUT2D eigenvalue weighted by Gasteiger charge is 2.26. The predicted octanol–water partition coefficient (Wildman–Crippen LogP) is 2.54. The summed E-state index contributed by atoms with van der Waals surface area (Å²) < 4.78 is 41.0. The van der Waals surface area contributed by atoms with Crippen LogP contribution in [0, 0.1) is 15.9 Å². The molecule has 0 radical (unpaired) electrons. The summed E-state index contributed by atoms with van der Waals surface area (Å²) in [5, 5.41) is 10.5. The van der Waals surface area contributed by atoms with Crippen molar-refractivity contribution >= 4 is 11.5 Å². The summed E-state index contributed by atoms with van der Waals surface area (Å²) in [6, 6.07) is 1.01. The molecule has 8 heteroatoms. The largest absolute Gasteiger partial charge is 0.427 e. The first-order valence-corrected chi connectivity index (χ1v) is 4.26. The van der Waals surface area contributed by atoms with Crippen molar-refractivity contribution in [1.82, 2.24) is 0 Å². The number of carbonyl (C=O) groups excluding carboxylic acids is 1. The van der Waals surface area contributed by atoms with Gasteiger partial charge in [-0.3, -0.25) is 14.9 Å². The Hall–Kier alpha value is -2.12. The Morgan fingerprint density at radius 1 is 1.47 bits per heavy atom. The highest BCUT2D eigenvalue weighted by Crippen LogP contribution is 2.33. The van der Waals surface area contributed by atoms with Crippen LogP contribution in [0.5, 0.6) is 5.75 Å². The van der Waals surface area contributed by atoms with Crippen LogP contribution >= 0.6 is 0 Å². The summed E-state index contributed by atoms with van der Waals surface area (Å²) in [6.07, 6.45) is 0. The van der Waals surface area contributed by atoms with E-state index in [4.69, 9.17) is 0 Å². The number of nitrogens with zero attached hydrogens (tertiary/aromatic N) is 1. The summed E-state index contributed by atoms with van der Waals surface area (Å²) >= 11 is 0. The molecule has 0 aliphatic rings. The van der Waals surface area contributed by atoms with Gasteiger partial charge >= 0.3 is 12.3 Å². The van der Waals surface area contributed by atoms with E-state index >= 15 is 0 Å². The number of carbonyl (C=O) groups is 1. The molecule has 1 aromatic carbocycles. The van der Waals surface area contributed by atoms with Crippen LogP contribution in [0.4, 0.5) is 18.9 Å². The maximum atomic E-state index is 13.0. The Kier molecular flexibility index (Phi) is 3.66. The van der Waals surface area contributed by atoms with Crippen LogP contribution in [0.3, 0.4) is 0 Å². The molecule has 5 nitrogen and oxygen atoms in total. The second kappa shape index (κ2) is 4.81. The van der Waals surface area contributed by atoms with Crippen molar-refractivity contribution in [3.63, 3.8) is 0 Å². The van der Waals surface area contributed by atoms with Gasteiger partial charge in [0.2, 0.25) is 5.75 Å². The monoisotopic (exact) mass is 249 g/mol. The van der Waals surface area contributed by atoms with Crippen molar-refractivity contribution in [2.24, 2.45) is 0 Å². The van der Waals surface area contributed by atoms with Crippen LogP contribution in [0.15, 0.2) is 12.1 Å². The van der Waals surface area contributed by atoms with E-state index in [1.54, 1.807) is 0 Å². The molecule has 0 aliphatic carbocycles. The smallest absolute Gasteiger partial charge is 0.387 e. The van der Waals surface area contributed by atoms with E-state index in [0.29, 0.717) is 12.1 Å². The van der Waals surface area contributed by atoms with Crippen molar-refractivity contribution in [1.29, 1.82) is 0 Å². The van der Waals surface area contributed by atoms with Crippen LogP contribution in [0.1, 0.15) is 17.3 Å². The average Bonchev–Trinajstić information content (AvgIpc) is 2.18. The number of Topliss-reactive ketones (excluding diaryl/α,β-unsaturated/α-hetero) is 1. The minimum atomic E-state index is -3.35. The van der Waals surface area contributed by atoms with Crippen molar-refractivity contribution < 1.29 is 27.6 Å². The Labute approximate surface area is 93.0 Å². The number of nitro benzene ring substituents is 1. The molecule has 1 aromatic rings. The van der Waals surface area contributed by atoms with Crippen LogP contribution in [0.2, 0.25) is 0 Å². The number of ketones is 1. The molecule has 1 rings (SSSR count).